The molecule has 124 valence electrons. The predicted octanol–water partition coefficient (Wildman–Crippen LogP) is 4.53. The Morgan fingerprint density at radius 1 is 1.08 bits per heavy atom. The lowest BCUT2D eigenvalue weighted by molar-refractivity contribution is 0.426. The van der Waals surface area contributed by atoms with E-state index in [0.29, 0.717) is 6.04 Å². The summed E-state index contributed by atoms with van der Waals surface area (Å²) < 4.78 is 13.3. The maximum absolute atomic E-state index is 13.3. The molecular weight excluding hydrogens is 303 g/mol. The second-order valence-corrected chi connectivity index (χ2v) is 6.53. The van der Waals surface area contributed by atoms with Gasteiger partial charge in [0.2, 0.25) is 0 Å². The lowest BCUT2D eigenvalue weighted by Crippen LogP contribution is -2.34. The SMILES string of the molecule is CN(c1ncnc2[nH]cc(-c3ccc(F)cc3)c12)C1CCCCC1. The maximum Gasteiger partial charge on any atom is 0.143 e. The molecule has 0 amide bonds. The van der Waals surface area contributed by atoms with Crippen molar-refractivity contribution in [3.8, 4) is 11.1 Å². The summed E-state index contributed by atoms with van der Waals surface area (Å²) in [7, 11) is 2.12. The van der Waals surface area contributed by atoms with E-state index in [2.05, 4.69) is 26.9 Å². The van der Waals surface area contributed by atoms with Gasteiger partial charge in [0.25, 0.3) is 0 Å². The van der Waals surface area contributed by atoms with E-state index in [1.54, 1.807) is 18.5 Å². The van der Waals surface area contributed by atoms with Crippen LogP contribution < -0.4 is 4.90 Å². The Morgan fingerprint density at radius 2 is 1.83 bits per heavy atom. The third-order valence-electron chi connectivity index (χ3n) is 5.06. The van der Waals surface area contributed by atoms with Crippen molar-refractivity contribution in [2.45, 2.75) is 38.1 Å². The molecule has 1 aliphatic carbocycles. The zero-order chi connectivity index (χ0) is 16.5. The Kier molecular flexibility index (Phi) is 3.92. The molecule has 4 rings (SSSR count). The molecule has 0 unspecified atom stereocenters. The van der Waals surface area contributed by atoms with E-state index in [9.17, 15) is 4.39 Å². The van der Waals surface area contributed by atoms with Crippen molar-refractivity contribution in [2.75, 3.05) is 11.9 Å². The van der Waals surface area contributed by atoms with Crippen LogP contribution in [0.25, 0.3) is 22.2 Å². The van der Waals surface area contributed by atoms with Gasteiger partial charge in [-0.3, -0.25) is 0 Å². The second-order valence-electron chi connectivity index (χ2n) is 6.53. The van der Waals surface area contributed by atoms with E-state index >= 15 is 0 Å². The summed E-state index contributed by atoms with van der Waals surface area (Å²) >= 11 is 0. The number of rotatable bonds is 3. The number of hydrogen-bond acceptors (Lipinski definition) is 3. The molecule has 3 aromatic rings. The number of fused-ring (bicyclic) bond motifs is 1. The van der Waals surface area contributed by atoms with Crippen molar-refractivity contribution in [1.82, 2.24) is 15.0 Å². The number of halogens is 1. The van der Waals surface area contributed by atoms with Crippen LogP contribution in [-0.2, 0) is 0 Å². The summed E-state index contributed by atoms with van der Waals surface area (Å²) in [6.07, 6.45) is 9.85. The van der Waals surface area contributed by atoms with Crippen molar-refractivity contribution in [3.63, 3.8) is 0 Å². The number of hydrogen-bond donors (Lipinski definition) is 1. The summed E-state index contributed by atoms with van der Waals surface area (Å²) in [5.74, 6) is 0.724. The summed E-state index contributed by atoms with van der Waals surface area (Å²) in [4.78, 5) is 14.5. The molecule has 2 heterocycles. The number of anilines is 1. The van der Waals surface area contributed by atoms with Crippen molar-refractivity contribution in [1.29, 1.82) is 0 Å². The van der Waals surface area contributed by atoms with Crippen molar-refractivity contribution in [3.05, 3.63) is 42.6 Å². The zero-order valence-corrected chi connectivity index (χ0v) is 13.8. The molecule has 1 N–H and O–H groups in total. The Morgan fingerprint density at radius 3 is 2.58 bits per heavy atom. The number of nitrogens with zero attached hydrogens (tertiary/aromatic N) is 3. The quantitative estimate of drug-likeness (QED) is 0.769. The number of nitrogens with one attached hydrogen (secondary N) is 1. The molecule has 0 bridgehead atoms. The standard InChI is InChI=1S/C19H21FN4/c1-24(15-5-3-2-4-6-15)19-17-16(11-21-18(17)22-12-23-19)13-7-9-14(20)10-8-13/h7-12,15H,2-6H2,1H3,(H,21,22,23). The van der Waals surface area contributed by atoms with Gasteiger partial charge in [0, 0.05) is 24.8 Å². The highest BCUT2D eigenvalue weighted by Crippen LogP contribution is 2.35. The molecule has 0 atom stereocenters. The average Bonchev–Trinajstić information content (AvgIpc) is 3.07. The summed E-state index contributed by atoms with van der Waals surface area (Å²) in [6.45, 7) is 0. The Labute approximate surface area is 140 Å². The minimum atomic E-state index is -0.227. The van der Waals surface area contributed by atoms with Gasteiger partial charge in [-0.25, -0.2) is 14.4 Å². The molecule has 4 nitrogen and oxygen atoms in total. The molecule has 0 saturated heterocycles. The van der Waals surface area contributed by atoms with E-state index in [-0.39, 0.29) is 5.82 Å². The van der Waals surface area contributed by atoms with Gasteiger partial charge >= 0.3 is 0 Å². The number of benzene rings is 1. The molecule has 2 aromatic heterocycles. The van der Waals surface area contributed by atoms with Gasteiger partial charge in [0.05, 0.1) is 5.39 Å². The monoisotopic (exact) mass is 324 g/mol. The largest absolute Gasteiger partial charge is 0.356 e. The first-order valence-electron chi connectivity index (χ1n) is 8.55. The van der Waals surface area contributed by atoms with E-state index in [0.717, 1.165) is 28.0 Å². The van der Waals surface area contributed by atoms with Gasteiger partial charge in [0.1, 0.15) is 23.6 Å². The average molecular weight is 324 g/mol. The highest BCUT2D eigenvalue weighted by molar-refractivity contribution is 6.01. The second kappa shape index (κ2) is 6.23. The van der Waals surface area contributed by atoms with Gasteiger partial charge < -0.3 is 9.88 Å². The molecule has 0 radical (unpaired) electrons. The van der Waals surface area contributed by atoms with Crippen LogP contribution in [0.5, 0.6) is 0 Å². The molecule has 1 saturated carbocycles. The van der Waals surface area contributed by atoms with Gasteiger partial charge in [-0.05, 0) is 30.5 Å². The first-order valence-corrected chi connectivity index (χ1v) is 8.55. The van der Waals surface area contributed by atoms with E-state index in [1.807, 2.05) is 6.20 Å². The molecule has 0 spiro atoms. The smallest absolute Gasteiger partial charge is 0.143 e. The van der Waals surface area contributed by atoms with Crippen LogP contribution in [0, 0.1) is 5.82 Å². The highest BCUT2D eigenvalue weighted by atomic mass is 19.1. The first kappa shape index (κ1) is 15.1. The molecule has 1 aromatic carbocycles. The number of aromatic nitrogens is 3. The maximum atomic E-state index is 13.3. The summed E-state index contributed by atoms with van der Waals surface area (Å²) in [6, 6.07) is 7.10. The topological polar surface area (TPSA) is 44.8 Å². The van der Waals surface area contributed by atoms with Gasteiger partial charge in [0.15, 0.2) is 0 Å². The number of aromatic amines is 1. The Bertz CT molecular complexity index is 834. The number of H-pyrrole nitrogens is 1. The van der Waals surface area contributed by atoms with Crippen molar-refractivity contribution < 1.29 is 4.39 Å². The van der Waals surface area contributed by atoms with Crippen LogP contribution in [0.1, 0.15) is 32.1 Å². The van der Waals surface area contributed by atoms with Gasteiger partial charge in [-0.2, -0.15) is 0 Å². The first-order chi connectivity index (χ1) is 11.7. The van der Waals surface area contributed by atoms with E-state index < -0.39 is 0 Å². The molecule has 0 aliphatic heterocycles. The fourth-order valence-corrected chi connectivity index (χ4v) is 3.71. The normalized spacial score (nSPS) is 15.8. The fourth-order valence-electron chi connectivity index (χ4n) is 3.71. The van der Waals surface area contributed by atoms with Crippen LogP contribution in [-0.4, -0.2) is 28.0 Å². The third-order valence-corrected chi connectivity index (χ3v) is 5.06. The molecule has 24 heavy (non-hydrogen) atoms. The molecule has 1 aliphatic rings. The van der Waals surface area contributed by atoms with Crippen LogP contribution in [0.15, 0.2) is 36.8 Å². The van der Waals surface area contributed by atoms with Crippen LogP contribution >= 0.6 is 0 Å². The highest BCUT2D eigenvalue weighted by Gasteiger charge is 2.23. The molecule has 5 heteroatoms. The predicted molar refractivity (Wildman–Crippen MR) is 94.6 cm³/mol. The Hall–Kier alpha value is -2.43. The minimum Gasteiger partial charge on any atom is -0.356 e. The van der Waals surface area contributed by atoms with Gasteiger partial charge in [-0.15, -0.1) is 0 Å². The van der Waals surface area contributed by atoms with Crippen molar-refractivity contribution in [2.24, 2.45) is 0 Å². The molecule has 1 fully saturated rings. The van der Waals surface area contributed by atoms with Crippen molar-refractivity contribution >= 4 is 16.9 Å². The molecular formula is C19H21FN4. The Balaban J connectivity index is 1.81. The van der Waals surface area contributed by atoms with Gasteiger partial charge in [-0.1, -0.05) is 31.4 Å². The lowest BCUT2D eigenvalue weighted by Gasteiger charge is -2.32. The lowest BCUT2D eigenvalue weighted by atomic mass is 9.94. The fraction of sp³-hybridized carbons (Fsp3) is 0.368. The summed E-state index contributed by atoms with van der Waals surface area (Å²) in [5, 5.41) is 1.01. The van der Waals surface area contributed by atoms with E-state index in [4.69, 9.17) is 0 Å². The van der Waals surface area contributed by atoms with Crippen LogP contribution in [0.4, 0.5) is 10.2 Å². The van der Waals surface area contributed by atoms with E-state index in [1.165, 1.54) is 44.2 Å². The minimum absolute atomic E-state index is 0.227. The zero-order valence-electron chi connectivity index (χ0n) is 13.8. The van der Waals surface area contributed by atoms with Crippen LogP contribution in [0.3, 0.4) is 0 Å². The third kappa shape index (κ3) is 2.64. The summed E-state index contributed by atoms with van der Waals surface area (Å²) in [5.41, 5.74) is 2.81. The van der Waals surface area contributed by atoms with Crippen LogP contribution in [0.2, 0.25) is 0 Å².